The number of aliphatic hydroxyl groups is 2. The number of hydrogen-bond donors (Lipinski definition) is 3. The number of nitrogens with one attached hydrogen (secondary N) is 1. The van der Waals surface area contributed by atoms with Gasteiger partial charge in [-0.05, 0) is 31.5 Å². The van der Waals surface area contributed by atoms with Crippen LogP contribution in [-0.2, 0) is 10.0 Å². The smallest absolute Gasteiger partial charge is 0.241 e. The van der Waals surface area contributed by atoms with Crippen molar-refractivity contribution in [3.63, 3.8) is 0 Å². The van der Waals surface area contributed by atoms with Gasteiger partial charge in [0.15, 0.2) is 0 Å². The van der Waals surface area contributed by atoms with E-state index in [4.69, 9.17) is 5.11 Å². The van der Waals surface area contributed by atoms with E-state index in [1.165, 1.54) is 19.9 Å². The molecule has 0 spiro atoms. The molecule has 7 heteroatoms. The van der Waals surface area contributed by atoms with Crippen LogP contribution in [0.15, 0.2) is 23.1 Å². The number of rotatable bonds is 5. The van der Waals surface area contributed by atoms with E-state index < -0.39 is 28.0 Å². The topological polar surface area (TPSA) is 86.6 Å². The van der Waals surface area contributed by atoms with Gasteiger partial charge in [-0.2, -0.15) is 0 Å². The van der Waals surface area contributed by atoms with Crippen LogP contribution in [0.3, 0.4) is 0 Å². The summed E-state index contributed by atoms with van der Waals surface area (Å²) in [7, 11) is -3.92. The molecule has 1 rings (SSSR count). The van der Waals surface area contributed by atoms with E-state index in [1.54, 1.807) is 0 Å². The van der Waals surface area contributed by atoms with Crippen LogP contribution in [-0.4, -0.2) is 37.4 Å². The lowest BCUT2D eigenvalue weighted by atomic mass is 10.1. The Labute approximate surface area is 105 Å². The first-order valence-electron chi connectivity index (χ1n) is 5.27. The molecule has 0 aliphatic heterocycles. The van der Waals surface area contributed by atoms with E-state index in [0.717, 1.165) is 12.1 Å². The van der Waals surface area contributed by atoms with Crippen molar-refractivity contribution in [2.24, 2.45) is 0 Å². The summed E-state index contributed by atoms with van der Waals surface area (Å²) in [4.78, 5) is -0.184. The molecule has 1 atom stereocenters. The number of hydrogen-bond acceptors (Lipinski definition) is 4. The van der Waals surface area contributed by atoms with Crippen LogP contribution in [0.25, 0.3) is 0 Å². The summed E-state index contributed by atoms with van der Waals surface area (Å²) in [6.45, 7) is 1.88. The third-order valence-electron chi connectivity index (χ3n) is 2.42. The number of halogens is 1. The predicted molar refractivity (Wildman–Crippen MR) is 64.0 cm³/mol. The van der Waals surface area contributed by atoms with Crippen molar-refractivity contribution < 1.29 is 23.0 Å². The molecule has 0 heterocycles. The van der Waals surface area contributed by atoms with Crippen molar-refractivity contribution in [2.45, 2.75) is 24.3 Å². The van der Waals surface area contributed by atoms with Crippen LogP contribution in [0, 0.1) is 12.7 Å². The number of aryl methyl sites for hydroxylation is 1. The Kier molecular flexibility index (Phi) is 4.44. The number of benzene rings is 1. The van der Waals surface area contributed by atoms with Gasteiger partial charge in [0.05, 0.1) is 17.1 Å². The standard InChI is InChI=1S/C11H16FNO4S/c1-8-3-4-9(12)5-10(8)18(16,17)13-6-11(2,15)7-14/h3-5,13-15H,6-7H2,1-2H3. The molecule has 1 aromatic carbocycles. The second-order valence-electron chi connectivity index (χ2n) is 4.39. The molecule has 0 aliphatic carbocycles. The summed E-state index contributed by atoms with van der Waals surface area (Å²) < 4.78 is 39.0. The normalized spacial score (nSPS) is 15.4. The third-order valence-corrected chi connectivity index (χ3v) is 3.97. The van der Waals surface area contributed by atoms with E-state index in [9.17, 15) is 17.9 Å². The fourth-order valence-corrected chi connectivity index (χ4v) is 2.66. The zero-order valence-corrected chi connectivity index (χ0v) is 11.0. The highest BCUT2D eigenvalue weighted by Crippen LogP contribution is 2.16. The molecular formula is C11H16FNO4S. The van der Waals surface area contributed by atoms with Crippen molar-refractivity contribution in [1.29, 1.82) is 0 Å². The van der Waals surface area contributed by atoms with Crippen LogP contribution in [0.5, 0.6) is 0 Å². The highest BCUT2D eigenvalue weighted by molar-refractivity contribution is 7.89. The van der Waals surface area contributed by atoms with Gasteiger partial charge >= 0.3 is 0 Å². The van der Waals surface area contributed by atoms with Crippen molar-refractivity contribution in [1.82, 2.24) is 4.72 Å². The predicted octanol–water partition coefficient (Wildman–Crippen LogP) is 0.156. The maximum atomic E-state index is 13.0. The lowest BCUT2D eigenvalue weighted by molar-refractivity contribution is 0.00681. The molecule has 0 bridgehead atoms. The first-order valence-corrected chi connectivity index (χ1v) is 6.75. The molecule has 0 amide bonds. The summed E-state index contributed by atoms with van der Waals surface area (Å²) in [6, 6.07) is 3.43. The van der Waals surface area contributed by atoms with E-state index >= 15 is 0 Å². The largest absolute Gasteiger partial charge is 0.393 e. The van der Waals surface area contributed by atoms with Gasteiger partial charge in [0.25, 0.3) is 0 Å². The highest BCUT2D eigenvalue weighted by atomic mass is 32.2. The Bertz CT molecular complexity index is 528. The summed E-state index contributed by atoms with van der Waals surface area (Å²) >= 11 is 0. The molecule has 3 N–H and O–H groups in total. The van der Waals surface area contributed by atoms with Gasteiger partial charge in [0.1, 0.15) is 5.82 Å². The van der Waals surface area contributed by atoms with Crippen molar-refractivity contribution >= 4 is 10.0 Å². The quantitative estimate of drug-likeness (QED) is 0.715. The van der Waals surface area contributed by atoms with Crippen LogP contribution in [0.4, 0.5) is 4.39 Å². The average Bonchev–Trinajstić information content (AvgIpc) is 2.30. The fraction of sp³-hybridized carbons (Fsp3) is 0.455. The lowest BCUT2D eigenvalue weighted by Gasteiger charge is -2.20. The molecule has 1 unspecified atom stereocenters. The van der Waals surface area contributed by atoms with Crippen LogP contribution in [0.2, 0.25) is 0 Å². The Hall–Kier alpha value is -1.02. The Morgan fingerprint density at radius 3 is 2.61 bits per heavy atom. The van der Waals surface area contributed by atoms with Crippen molar-refractivity contribution in [2.75, 3.05) is 13.2 Å². The molecule has 18 heavy (non-hydrogen) atoms. The molecule has 0 saturated carbocycles. The molecule has 5 nitrogen and oxygen atoms in total. The van der Waals surface area contributed by atoms with Crippen molar-refractivity contribution in [3.8, 4) is 0 Å². The lowest BCUT2D eigenvalue weighted by Crippen LogP contribution is -2.43. The van der Waals surface area contributed by atoms with Gasteiger partial charge in [-0.15, -0.1) is 0 Å². The van der Waals surface area contributed by atoms with Crippen LogP contribution < -0.4 is 4.72 Å². The maximum Gasteiger partial charge on any atom is 0.241 e. The van der Waals surface area contributed by atoms with E-state index in [-0.39, 0.29) is 11.4 Å². The molecule has 0 fully saturated rings. The van der Waals surface area contributed by atoms with E-state index in [2.05, 4.69) is 4.72 Å². The zero-order chi connectivity index (χ0) is 14.0. The average molecular weight is 277 g/mol. The van der Waals surface area contributed by atoms with Crippen LogP contribution in [0.1, 0.15) is 12.5 Å². The van der Waals surface area contributed by atoms with Gasteiger partial charge in [0.2, 0.25) is 10.0 Å². The Morgan fingerprint density at radius 2 is 2.06 bits per heavy atom. The van der Waals surface area contributed by atoms with Gasteiger partial charge in [0, 0.05) is 6.54 Å². The molecule has 1 aromatic rings. The summed E-state index contributed by atoms with van der Waals surface area (Å²) in [6.07, 6.45) is 0. The second-order valence-corrected chi connectivity index (χ2v) is 6.12. The minimum Gasteiger partial charge on any atom is -0.393 e. The Morgan fingerprint density at radius 1 is 1.44 bits per heavy atom. The highest BCUT2D eigenvalue weighted by Gasteiger charge is 2.24. The van der Waals surface area contributed by atoms with Gasteiger partial charge < -0.3 is 10.2 Å². The SMILES string of the molecule is Cc1ccc(F)cc1S(=O)(=O)NCC(C)(O)CO. The molecule has 0 aliphatic rings. The Balaban J connectivity index is 2.97. The van der Waals surface area contributed by atoms with Gasteiger partial charge in [-0.25, -0.2) is 17.5 Å². The summed E-state index contributed by atoms with van der Waals surface area (Å²) in [5.74, 6) is -0.658. The van der Waals surface area contributed by atoms with Crippen molar-refractivity contribution in [3.05, 3.63) is 29.6 Å². The minimum atomic E-state index is -3.92. The summed E-state index contributed by atoms with van der Waals surface area (Å²) in [5, 5.41) is 18.3. The van der Waals surface area contributed by atoms with E-state index in [1.807, 2.05) is 0 Å². The number of sulfonamides is 1. The monoisotopic (exact) mass is 277 g/mol. The van der Waals surface area contributed by atoms with Crippen LogP contribution >= 0.6 is 0 Å². The second kappa shape index (κ2) is 5.31. The minimum absolute atomic E-state index is 0.184. The first kappa shape index (κ1) is 15.0. The number of aliphatic hydroxyl groups excluding tert-OH is 1. The molecule has 0 saturated heterocycles. The summed E-state index contributed by atoms with van der Waals surface area (Å²) in [5.41, 5.74) is -1.17. The third kappa shape index (κ3) is 3.74. The molecule has 0 aromatic heterocycles. The van der Waals surface area contributed by atoms with Gasteiger partial charge in [-0.3, -0.25) is 0 Å². The van der Waals surface area contributed by atoms with E-state index in [0.29, 0.717) is 5.56 Å². The zero-order valence-electron chi connectivity index (χ0n) is 10.1. The molecule has 102 valence electrons. The fourth-order valence-electron chi connectivity index (χ4n) is 1.25. The van der Waals surface area contributed by atoms with Gasteiger partial charge in [-0.1, -0.05) is 6.07 Å². The molecular weight excluding hydrogens is 261 g/mol. The maximum absolute atomic E-state index is 13.0. The first-order chi connectivity index (χ1) is 8.18. The molecule has 0 radical (unpaired) electrons.